The quantitative estimate of drug-likeness (QED) is 0.799. The molecular formula is C11H16ClN3O. The maximum absolute atomic E-state index is 11.5. The minimum atomic E-state index is -0.00822. The van der Waals surface area contributed by atoms with E-state index in [4.69, 9.17) is 11.6 Å². The molecule has 0 saturated carbocycles. The van der Waals surface area contributed by atoms with Crippen molar-refractivity contribution in [3.05, 3.63) is 23.4 Å². The Balaban J connectivity index is 2.52. The van der Waals surface area contributed by atoms with E-state index in [2.05, 4.69) is 10.3 Å². The van der Waals surface area contributed by atoms with E-state index in [9.17, 15) is 4.79 Å². The minimum absolute atomic E-state index is 0.00822. The van der Waals surface area contributed by atoms with Gasteiger partial charge in [-0.05, 0) is 18.6 Å². The number of carbonyl (C=O) groups excluding carboxylic acids is 1. The molecule has 0 atom stereocenters. The van der Waals surface area contributed by atoms with E-state index >= 15 is 0 Å². The molecule has 0 radical (unpaired) electrons. The lowest BCUT2D eigenvalue weighted by Crippen LogP contribution is -2.35. The van der Waals surface area contributed by atoms with Crippen LogP contribution in [0.3, 0.4) is 0 Å². The molecule has 1 aromatic rings. The van der Waals surface area contributed by atoms with Crippen LogP contribution in [0, 0.1) is 0 Å². The number of halogens is 1. The molecule has 1 rings (SSSR count). The number of likely N-dealkylation sites (N-methyl/N-ethyl adjacent to an activating group) is 1. The number of pyridine rings is 1. The summed E-state index contributed by atoms with van der Waals surface area (Å²) in [5.41, 5.74) is 0. The third-order valence-electron chi connectivity index (χ3n) is 2.04. The molecule has 1 aromatic heterocycles. The number of nitrogens with one attached hydrogen (secondary N) is 1. The number of rotatable bonds is 5. The van der Waals surface area contributed by atoms with Gasteiger partial charge in [0.2, 0.25) is 5.91 Å². The molecular weight excluding hydrogens is 226 g/mol. The molecule has 1 heterocycles. The number of carbonyl (C=O) groups is 1. The normalized spacial score (nSPS) is 9.94. The maximum Gasteiger partial charge on any atom is 0.239 e. The van der Waals surface area contributed by atoms with Gasteiger partial charge in [-0.1, -0.05) is 24.6 Å². The van der Waals surface area contributed by atoms with E-state index in [-0.39, 0.29) is 12.5 Å². The maximum atomic E-state index is 11.5. The lowest BCUT2D eigenvalue weighted by Gasteiger charge is -2.17. The van der Waals surface area contributed by atoms with Crippen molar-refractivity contribution in [3.63, 3.8) is 0 Å². The SMILES string of the molecule is CCCNC(=O)CN(C)c1cccc(Cl)n1. The first kappa shape index (κ1) is 12.8. The molecule has 0 bridgehead atoms. The second kappa shape index (κ2) is 6.33. The molecule has 88 valence electrons. The summed E-state index contributed by atoms with van der Waals surface area (Å²) in [4.78, 5) is 17.3. The van der Waals surface area contributed by atoms with E-state index in [1.165, 1.54) is 0 Å². The van der Waals surface area contributed by atoms with Gasteiger partial charge in [0, 0.05) is 13.6 Å². The fourth-order valence-corrected chi connectivity index (χ4v) is 1.39. The van der Waals surface area contributed by atoms with Gasteiger partial charge in [0.1, 0.15) is 11.0 Å². The van der Waals surface area contributed by atoms with Crippen molar-refractivity contribution in [2.75, 3.05) is 25.0 Å². The van der Waals surface area contributed by atoms with E-state index in [1.54, 1.807) is 11.0 Å². The molecule has 16 heavy (non-hydrogen) atoms. The van der Waals surface area contributed by atoms with E-state index in [0.717, 1.165) is 6.42 Å². The fraction of sp³-hybridized carbons (Fsp3) is 0.455. The standard InChI is InChI=1S/C11H16ClN3O/c1-3-7-13-11(16)8-15(2)10-6-4-5-9(12)14-10/h4-6H,3,7-8H2,1-2H3,(H,13,16). The Morgan fingerprint density at radius 2 is 2.31 bits per heavy atom. The zero-order valence-corrected chi connectivity index (χ0v) is 10.3. The average molecular weight is 242 g/mol. The molecule has 0 spiro atoms. The van der Waals surface area contributed by atoms with Crippen molar-refractivity contribution >= 4 is 23.3 Å². The summed E-state index contributed by atoms with van der Waals surface area (Å²) in [6, 6.07) is 5.33. The highest BCUT2D eigenvalue weighted by molar-refractivity contribution is 6.29. The smallest absolute Gasteiger partial charge is 0.239 e. The van der Waals surface area contributed by atoms with E-state index < -0.39 is 0 Å². The topological polar surface area (TPSA) is 45.2 Å². The van der Waals surface area contributed by atoms with Gasteiger partial charge in [0.25, 0.3) is 0 Å². The summed E-state index contributed by atoms with van der Waals surface area (Å²) in [6.45, 7) is 3.01. The second-order valence-corrected chi connectivity index (χ2v) is 3.91. The Bertz CT molecular complexity index is 357. The highest BCUT2D eigenvalue weighted by Crippen LogP contribution is 2.12. The lowest BCUT2D eigenvalue weighted by atomic mass is 10.4. The fourth-order valence-electron chi connectivity index (χ4n) is 1.23. The molecule has 5 heteroatoms. The third-order valence-corrected chi connectivity index (χ3v) is 2.25. The lowest BCUT2D eigenvalue weighted by molar-refractivity contribution is -0.119. The summed E-state index contributed by atoms with van der Waals surface area (Å²) in [7, 11) is 1.81. The van der Waals surface area contributed by atoms with Gasteiger partial charge in [-0.15, -0.1) is 0 Å². The van der Waals surface area contributed by atoms with Gasteiger partial charge in [-0.3, -0.25) is 4.79 Å². The van der Waals surface area contributed by atoms with Crippen molar-refractivity contribution in [1.29, 1.82) is 0 Å². The van der Waals surface area contributed by atoms with Crippen molar-refractivity contribution in [2.45, 2.75) is 13.3 Å². The van der Waals surface area contributed by atoms with Gasteiger partial charge in [-0.2, -0.15) is 0 Å². The average Bonchev–Trinajstić information content (AvgIpc) is 2.26. The predicted octanol–water partition coefficient (Wildman–Crippen LogP) is 1.70. The van der Waals surface area contributed by atoms with Crippen molar-refractivity contribution in [2.24, 2.45) is 0 Å². The highest BCUT2D eigenvalue weighted by Gasteiger charge is 2.07. The molecule has 0 aromatic carbocycles. The molecule has 4 nitrogen and oxygen atoms in total. The first-order valence-corrected chi connectivity index (χ1v) is 5.61. The van der Waals surface area contributed by atoms with Crippen LogP contribution < -0.4 is 10.2 Å². The second-order valence-electron chi connectivity index (χ2n) is 3.52. The van der Waals surface area contributed by atoms with Crippen molar-refractivity contribution in [3.8, 4) is 0 Å². The molecule has 0 saturated heterocycles. The van der Waals surface area contributed by atoms with Crippen LogP contribution in [0.25, 0.3) is 0 Å². The molecule has 0 fully saturated rings. The van der Waals surface area contributed by atoms with Crippen LogP contribution in [-0.2, 0) is 4.79 Å². The van der Waals surface area contributed by atoms with Crippen LogP contribution in [0.4, 0.5) is 5.82 Å². The van der Waals surface area contributed by atoms with Crippen LogP contribution in [0.15, 0.2) is 18.2 Å². The Kier molecular flexibility index (Phi) is 5.05. The monoisotopic (exact) mass is 241 g/mol. The van der Waals surface area contributed by atoms with Crippen LogP contribution in [0.5, 0.6) is 0 Å². The summed E-state index contributed by atoms with van der Waals surface area (Å²) in [6.07, 6.45) is 0.935. The van der Waals surface area contributed by atoms with Gasteiger partial charge in [0.05, 0.1) is 6.54 Å². The van der Waals surface area contributed by atoms with Gasteiger partial charge < -0.3 is 10.2 Å². The summed E-state index contributed by atoms with van der Waals surface area (Å²) in [5.74, 6) is 0.685. The van der Waals surface area contributed by atoms with Gasteiger partial charge >= 0.3 is 0 Å². The number of nitrogens with zero attached hydrogens (tertiary/aromatic N) is 2. The number of aromatic nitrogens is 1. The predicted molar refractivity (Wildman–Crippen MR) is 65.8 cm³/mol. The summed E-state index contributed by atoms with van der Waals surface area (Å²) >= 11 is 5.77. The molecule has 0 aliphatic heterocycles. The molecule has 1 N–H and O–H groups in total. The number of anilines is 1. The molecule has 0 aliphatic carbocycles. The summed E-state index contributed by atoms with van der Waals surface area (Å²) in [5, 5.41) is 3.24. The van der Waals surface area contributed by atoms with Crippen LogP contribution in [-0.4, -0.2) is 31.0 Å². The Morgan fingerprint density at radius 1 is 1.56 bits per heavy atom. The molecule has 1 amide bonds. The number of hydrogen-bond acceptors (Lipinski definition) is 3. The van der Waals surface area contributed by atoms with Gasteiger partial charge in [-0.25, -0.2) is 4.98 Å². The molecule has 0 aliphatic rings. The summed E-state index contributed by atoms with van der Waals surface area (Å²) < 4.78 is 0. The number of amides is 1. The van der Waals surface area contributed by atoms with Crippen molar-refractivity contribution in [1.82, 2.24) is 10.3 Å². The first-order chi connectivity index (χ1) is 7.63. The van der Waals surface area contributed by atoms with Crippen LogP contribution in [0.1, 0.15) is 13.3 Å². The first-order valence-electron chi connectivity index (χ1n) is 5.24. The Morgan fingerprint density at radius 3 is 2.94 bits per heavy atom. The van der Waals surface area contributed by atoms with E-state index in [0.29, 0.717) is 17.5 Å². The van der Waals surface area contributed by atoms with Crippen LogP contribution >= 0.6 is 11.6 Å². The highest BCUT2D eigenvalue weighted by atomic mass is 35.5. The number of hydrogen-bond donors (Lipinski definition) is 1. The van der Waals surface area contributed by atoms with E-state index in [1.807, 2.05) is 26.1 Å². The zero-order valence-electron chi connectivity index (χ0n) is 9.53. The third kappa shape index (κ3) is 4.06. The Labute approximate surface area is 101 Å². The van der Waals surface area contributed by atoms with Crippen LogP contribution in [0.2, 0.25) is 5.15 Å². The zero-order chi connectivity index (χ0) is 12.0. The molecule has 0 unspecified atom stereocenters. The minimum Gasteiger partial charge on any atom is -0.355 e. The van der Waals surface area contributed by atoms with Gasteiger partial charge in [0.15, 0.2) is 0 Å². The Hall–Kier alpha value is -1.29. The largest absolute Gasteiger partial charge is 0.355 e. The van der Waals surface area contributed by atoms with Crippen molar-refractivity contribution < 1.29 is 4.79 Å².